The van der Waals surface area contributed by atoms with Crippen molar-refractivity contribution in [2.24, 2.45) is 0 Å². The van der Waals surface area contributed by atoms with E-state index in [9.17, 15) is 4.79 Å². The molecule has 19 heavy (non-hydrogen) atoms. The van der Waals surface area contributed by atoms with Crippen molar-refractivity contribution in [3.05, 3.63) is 23.9 Å². The Hall–Kier alpha value is -1.58. The quantitative estimate of drug-likeness (QED) is 0.787. The monoisotopic (exact) mass is 262 g/mol. The van der Waals surface area contributed by atoms with E-state index in [0.717, 1.165) is 12.8 Å². The minimum atomic E-state index is 0.0110. The molecule has 1 aliphatic carbocycles. The van der Waals surface area contributed by atoms with E-state index < -0.39 is 0 Å². The predicted molar refractivity (Wildman–Crippen MR) is 74.4 cm³/mol. The molecule has 0 atom stereocenters. The molecular formula is C15H22N2O2. The Morgan fingerprint density at radius 2 is 2.00 bits per heavy atom. The number of ether oxygens (including phenoxy) is 1. The highest BCUT2D eigenvalue weighted by molar-refractivity contribution is 5.96. The van der Waals surface area contributed by atoms with E-state index in [1.807, 2.05) is 11.9 Å². The van der Waals surface area contributed by atoms with Crippen LogP contribution < -0.4 is 4.74 Å². The van der Waals surface area contributed by atoms with Gasteiger partial charge in [-0.25, -0.2) is 4.98 Å². The zero-order valence-electron chi connectivity index (χ0n) is 11.8. The SMILES string of the molecule is COc1ncccc1C(=O)N(C)C1CCCCCC1. The summed E-state index contributed by atoms with van der Waals surface area (Å²) in [6.07, 6.45) is 8.85. The Morgan fingerprint density at radius 3 is 2.63 bits per heavy atom. The van der Waals surface area contributed by atoms with Crippen molar-refractivity contribution in [1.29, 1.82) is 0 Å². The second-order valence-electron chi connectivity index (χ2n) is 5.12. The van der Waals surface area contributed by atoms with Gasteiger partial charge in [0.05, 0.1) is 7.11 Å². The van der Waals surface area contributed by atoms with Crippen LogP contribution in [0.1, 0.15) is 48.9 Å². The molecule has 1 amide bonds. The van der Waals surface area contributed by atoms with Gasteiger partial charge in [-0.3, -0.25) is 4.79 Å². The standard InChI is InChI=1S/C15H22N2O2/c1-17(12-8-5-3-4-6-9-12)15(18)13-10-7-11-16-14(13)19-2/h7,10-12H,3-6,8-9H2,1-2H3. The molecule has 1 aromatic heterocycles. The summed E-state index contributed by atoms with van der Waals surface area (Å²) in [5.41, 5.74) is 0.553. The zero-order chi connectivity index (χ0) is 13.7. The second-order valence-corrected chi connectivity index (χ2v) is 5.12. The summed E-state index contributed by atoms with van der Waals surface area (Å²) >= 11 is 0. The van der Waals surface area contributed by atoms with Crippen LogP contribution >= 0.6 is 0 Å². The molecule has 0 aliphatic heterocycles. The maximum Gasteiger partial charge on any atom is 0.259 e. The van der Waals surface area contributed by atoms with Crippen LogP contribution in [0.15, 0.2) is 18.3 Å². The molecular weight excluding hydrogens is 240 g/mol. The first-order chi connectivity index (χ1) is 9.24. The fourth-order valence-electron chi connectivity index (χ4n) is 2.72. The highest BCUT2D eigenvalue weighted by Crippen LogP contribution is 2.24. The largest absolute Gasteiger partial charge is 0.480 e. The van der Waals surface area contributed by atoms with Crippen molar-refractivity contribution in [2.75, 3.05) is 14.2 Å². The van der Waals surface area contributed by atoms with Crippen molar-refractivity contribution in [1.82, 2.24) is 9.88 Å². The number of pyridine rings is 1. The van der Waals surface area contributed by atoms with E-state index in [0.29, 0.717) is 17.5 Å². The molecule has 0 aromatic carbocycles. The van der Waals surface area contributed by atoms with Gasteiger partial charge in [0.2, 0.25) is 5.88 Å². The number of nitrogens with zero attached hydrogens (tertiary/aromatic N) is 2. The van der Waals surface area contributed by atoms with Crippen molar-refractivity contribution >= 4 is 5.91 Å². The summed E-state index contributed by atoms with van der Waals surface area (Å²) in [7, 11) is 3.44. The van der Waals surface area contributed by atoms with E-state index in [2.05, 4.69) is 4.98 Å². The number of hydrogen-bond acceptors (Lipinski definition) is 3. The summed E-state index contributed by atoms with van der Waals surface area (Å²) < 4.78 is 5.17. The van der Waals surface area contributed by atoms with Crippen molar-refractivity contribution in [2.45, 2.75) is 44.6 Å². The summed E-state index contributed by atoms with van der Waals surface area (Å²) in [5.74, 6) is 0.421. The number of methoxy groups -OCH3 is 1. The van der Waals surface area contributed by atoms with Crippen LogP contribution in [0.25, 0.3) is 0 Å². The molecule has 1 heterocycles. The molecule has 1 fully saturated rings. The van der Waals surface area contributed by atoms with Crippen LogP contribution in [0, 0.1) is 0 Å². The number of amides is 1. The normalized spacial score (nSPS) is 16.7. The number of carbonyl (C=O) groups excluding carboxylic acids is 1. The fraction of sp³-hybridized carbons (Fsp3) is 0.600. The summed E-state index contributed by atoms with van der Waals surface area (Å²) in [4.78, 5) is 18.5. The third kappa shape index (κ3) is 3.25. The van der Waals surface area contributed by atoms with Crippen molar-refractivity contribution < 1.29 is 9.53 Å². The first-order valence-corrected chi connectivity index (χ1v) is 7.00. The third-order valence-electron chi connectivity index (χ3n) is 3.89. The van der Waals surface area contributed by atoms with Crippen LogP contribution in [-0.4, -0.2) is 36.0 Å². The number of aromatic nitrogens is 1. The zero-order valence-corrected chi connectivity index (χ0v) is 11.8. The first-order valence-electron chi connectivity index (χ1n) is 7.00. The lowest BCUT2D eigenvalue weighted by molar-refractivity contribution is 0.0713. The van der Waals surface area contributed by atoms with E-state index >= 15 is 0 Å². The summed E-state index contributed by atoms with van der Waals surface area (Å²) in [6, 6.07) is 3.90. The fourth-order valence-corrected chi connectivity index (χ4v) is 2.72. The molecule has 0 radical (unpaired) electrons. The lowest BCUT2D eigenvalue weighted by Crippen LogP contribution is -2.37. The van der Waals surface area contributed by atoms with Gasteiger partial charge in [-0.2, -0.15) is 0 Å². The van der Waals surface area contributed by atoms with Gasteiger partial charge in [0.25, 0.3) is 5.91 Å². The Labute approximate surface area is 114 Å². The Bertz CT molecular complexity index is 426. The second kappa shape index (κ2) is 6.55. The molecule has 1 aliphatic rings. The topological polar surface area (TPSA) is 42.4 Å². The van der Waals surface area contributed by atoms with E-state index in [4.69, 9.17) is 4.74 Å². The van der Waals surface area contributed by atoms with Gasteiger partial charge in [-0.15, -0.1) is 0 Å². The van der Waals surface area contributed by atoms with Gasteiger partial charge >= 0.3 is 0 Å². The van der Waals surface area contributed by atoms with Gasteiger partial charge in [0.15, 0.2) is 0 Å². The van der Waals surface area contributed by atoms with Crippen LogP contribution in [0.5, 0.6) is 5.88 Å². The molecule has 0 bridgehead atoms. The third-order valence-corrected chi connectivity index (χ3v) is 3.89. The lowest BCUT2D eigenvalue weighted by atomic mass is 10.1. The molecule has 4 nitrogen and oxygen atoms in total. The summed E-state index contributed by atoms with van der Waals surface area (Å²) in [6.45, 7) is 0. The highest BCUT2D eigenvalue weighted by Gasteiger charge is 2.24. The van der Waals surface area contributed by atoms with E-state index in [-0.39, 0.29) is 5.91 Å². The number of hydrogen-bond donors (Lipinski definition) is 0. The number of rotatable bonds is 3. The molecule has 2 rings (SSSR count). The minimum Gasteiger partial charge on any atom is -0.480 e. The van der Waals surface area contributed by atoms with Crippen LogP contribution in [-0.2, 0) is 0 Å². The Kier molecular flexibility index (Phi) is 4.77. The maximum absolute atomic E-state index is 12.5. The van der Waals surface area contributed by atoms with Crippen LogP contribution in [0.4, 0.5) is 0 Å². The summed E-state index contributed by atoms with van der Waals surface area (Å²) in [5, 5.41) is 0. The molecule has 1 saturated carbocycles. The molecule has 1 aromatic rings. The Balaban J connectivity index is 2.13. The van der Waals surface area contributed by atoms with E-state index in [1.165, 1.54) is 25.7 Å². The van der Waals surface area contributed by atoms with Crippen molar-refractivity contribution in [3.63, 3.8) is 0 Å². The number of carbonyl (C=O) groups is 1. The molecule has 0 spiro atoms. The van der Waals surface area contributed by atoms with Gasteiger partial charge in [0.1, 0.15) is 5.56 Å². The smallest absolute Gasteiger partial charge is 0.259 e. The average Bonchev–Trinajstić information content (AvgIpc) is 2.74. The van der Waals surface area contributed by atoms with Crippen LogP contribution in [0.3, 0.4) is 0 Å². The maximum atomic E-state index is 12.5. The van der Waals surface area contributed by atoms with Crippen LogP contribution in [0.2, 0.25) is 0 Å². The van der Waals surface area contributed by atoms with Gasteiger partial charge in [0, 0.05) is 19.3 Å². The molecule has 0 saturated heterocycles. The van der Waals surface area contributed by atoms with Gasteiger partial charge in [-0.1, -0.05) is 25.7 Å². The molecule has 0 unspecified atom stereocenters. The van der Waals surface area contributed by atoms with Gasteiger partial charge < -0.3 is 9.64 Å². The van der Waals surface area contributed by atoms with Gasteiger partial charge in [-0.05, 0) is 25.0 Å². The van der Waals surface area contributed by atoms with Crippen molar-refractivity contribution in [3.8, 4) is 5.88 Å². The molecule has 104 valence electrons. The first kappa shape index (κ1) is 13.8. The lowest BCUT2D eigenvalue weighted by Gasteiger charge is -2.27. The highest BCUT2D eigenvalue weighted by atomic mass is 16.5. The minimum absolute atomic E-state index is 0.0110. The predicted octanol–water partition coefficient (Wildman–Crippen LogP) is 2.89. The molecule has 0 N–H and O–H groups in total. The van der Waals surface area contributed by atoms with E-state index in [1.54, 1.807) is 25.4 Å². The Morgan fingerprint density at radius 1 is 1.32 bits per heavy atom. The molecule has 4 heteroatoms. The average molecular weight is 262 g/mol.